The number of benzene rings is 3. The largest absolute Gasteiger partial charge is 0.496 e. The highest BCUT2D eigenvalue weighted by atomic mass is 35.5. The summed E-state index contributed by atoms with van der Waals surface area (Å²) in [5.41, 5.74) is 9.61. The summed E-state index contributed by atoms with van der Waals surface area (Å²) in [6, 6.07) is 22.0. The third-order valence-electron chi connectivity index (χ3n) is 3.96. The minimum atomic E-state index is 0.596. The molecule has 0 aliphatic heterocycles. The summed E-state index contributed by atoms with van der Waals surface area (Å²) in [5.74, 6) is 0.806. The number of methoxy groups -OCH3 is 1. The van der Waals surface area contributed by atoms with Gasteiger partial charge in [-0.25, -0.2) is 0 Å². The Morgan fingerprint density at radius 1 is 1.00 bits per heavy atom. The second-order valence-electron chi connectivity index (χ2n) is 5.85. The number of nitrogens with two attached hydrogens (primary N) is 1. The monoisotopic (exact) mass is 399 g/mol. The summed E-state index contributed by atoms with van der Waals surface area (Å²) in [7, 11) is 1.67. The number of ether oxygens (including phenoxy) is 1. The molecule has 0 aromatic heterocycles. The van der Waals surface area contributed by atoms with Gasteiger partial charge in [-0.1, -0.05) is 41.9 Å². The minimum Gasteiger partial charge on any atom is -0.496 e. The van der Waals surface area contributed by atoms with Gasteiger partial charge in [0.25, 0.3) is 0 Å². The highest BCUT2D eigenvalue weighted by molar-refractivity contribution is 8.00. The third kappa shape index (κ3) is 5.10. The Kier molecular flexibility index (Phi) is 6.87. The van der Waals surface area contributed by atoms with Gasteiger partial charge in [0.1, 0.15) is 5.75 Å². The Bertz CT molecular complexity index is 904. The molecule has 3 aromatic carbocycles. The van der Waals surface area contributed by atoms with Gasteiger partial charge < -0.3 is 20.5 Å². The fraction of sp³-hybridized carbons (Fsp3) is 0.143. The highest BCUT2D eigenvalue weighted by Crippen LogP contribution is 2.36. The molecule has 0 fully saturated rings. The lowest BCUT2D eigenvalue weighted by molar-refractivity contribution is 0.405. The van der Waals surface area contributed by atoms with Crippen LogP contribution in [0, 0.1) is 0 Å². The lowest BCUT2D eigenvalue weighted by atomic mass is 10.1. The fourth-order valence-corrected chi connectivity index (χ4v) is 3.68. The van der Waals surface area contributed by atoms with E-state index in [0.717, 1.165) is 44.7 Å². The fourth-order valence-electron chi connectivity index (χ4n) is 2.64. The van der Waals surface area contributed by atoms with Gasteiger partial charge in [-0.2, -0.15) is 0 Å². The van der Waals surface area contributed by atoms with Crippen molar-refractivity contribution in [2.45, 2.75) is 4.90 Å². The van der Waals surface area contributed by atoms with Crippen LogP contribution in [0.4, 0.5) is 11.4 Å². The molecule has 0 saturated heterocycles. The van der Waals surface area contributed by atoms with Crippen LogP contribution >= 0.6 is 23.5 Å². The first-order valence-electron chi connectivity index (χ1n) is 8.61. The molecule has 0 amide bonds. The normalized spacial score (nSPS) is 10.5. The minimum absolute atomic E-state index is 0.596. The van der Waals surface area contributed by atoms with E-state index in [9.17, 15) is 0 Å². The van der Waals surface area contributed by atoms with Gasteiger partial charge >= 0.3 is 0 Å². The van der Waals surface area contributed by atoms with Crippen LogP contribution < -0.4 is 20.5 Å². The summed E-state index contributed by atoms with van der Waals surface area (Å²) in [6.45, 7) is 1.34. The van der Waals surface area contributed by atoms with Crippen molar-refractivity contribution in [1.29, 1.82) is 0 Å². The lowest BCUT2D eigenvalue weighted by Gasteiger charge is -2.13. The van der Waals surface area contributed by atoms with Gasteiger partial charge in [0, 0.05) is 35.1 Å². The molecule has 4 N–H and O–H groups in total. The smallest absolute Gasteiger partial charge is 0.134 e. The van der Waals surface area contributed by atoms with Crippen LogP contribution in [0.3, 0.4) is 0 Å². The van der Waals surface area contributed by atoms with E-state index in [4.69, 9.17) is 22.1 Å². The first-order chi connectivity index (χ1) is 13.2. The van der Waals surface area contributed by atoms with Gasteiger partial charge in [-0.3, -0.25) is 0 Å². The van der Waals surface area contributed by atoms with E-state index in [2.05, 4.69) is 16.1 Å². The summed E-state index contributed by atoms with van der Waals surface area (Å²) in [5, 5.41) is 4.01. The van der Waals surface area contributed by atoms with Gasteiger partial charge in [0.2, 0.25) is 0 Å². The molecule has 3 rings (SSSR count). The molecule has 0 spiro atoms. The van der Waals surface area contributed by atoms with E-state index in [0.29, 0.717) is 6.54 Å². The van der Waals surface area contributed by atoms with Gasteiger partial charge in [0.05, 0.1) is 12.0 Å². The molecule has 0 aliphatic rings. The Morgan fingerprint density at radius 2 is 1.81 bits per heavy atom. The quantitative estimate of drug-likeness (QED) is 0.436. The second kappa shape index (κ2) is 9.55. The number of rotatable bonds is 8. The Balaban J connectivity index is 1.80. The zero-order valence-corrected chi connectivity index (χ0v) is 16.6. The average Bonchev–Trinajstić information content (AvgIpc) is 2.71. The van der Waals surface area contributed by atoms with Gasteiger partial charge in [-0.15, -0.1) is 0 Å². The van der Waals surface area contributed by atoms with Crippen LogP contribution in [-0.4, -0.2) is 20.2 Å². The van der Waals surface area contributed by atoms with Crippen LogP contribution in [0.1, 0.15) is 0 Å². The van der Waals surface area contributed by atoms with Crippen molar-refractivity contribution >= 4 is 34.9 Å². The summed E-state index contributed by atoms with van der Waals surface area (Å²) < 4.78 is 8.89. The molecule has 0 unspecified atom stereocenters. The summed E-state index contributed by atoms with van der Waals surface area (Å²) >= 11 is 7.85. The van der Waals surface area contributed by atoms with Gasteiger partial charge in [-0.05, 0) is 53.9 Å². The van der Waals surface area contributed by atoms with E-state index < -0.39 is 0 Å². The van der Waals surface area contributed by atoms with Crippen LogP contribution in [0.15, 0.2) is 71.6 Å². The standard InChI is InChI=1S/C21H22ClN3OS/c1-26-20-10-9-15(18-7-2-3-8-19(18)22)13-21(20)27-25-17-6-4-5-16(14-17)24-12-11-23/h2-10,13-14,24-25H,11-12,23H2,1H3. The molecular formula is C21H22ClN3OS. The van der Waals surface area contributed by atoms with Gasteiger partial charge in [0.15, 0.2) is 0 Å². The zero-order chi connectivity index (χ0) is 19.1. The van der Waals surface area contributed by atoms with Crippen molar-refractivity contribution in [2.24, 2.45) is 5.73 Å². The number of nitrogens with one attached hydrogen (secondary N) is 2. The van der Waals surface area contributed by atoms with E-state index in [1.165, 1.54) is 11.9 Å². The molecule has 27 heavy (non-hydrogen) atoms. The molecule has 140 valence electrons. The molecule has 0 bridgehead atoms. The molecule has 4 nitrogen and oxygen atoms in total. The van der Waals surface area contributed by atoms with Crippen LogP contribution in [0.2, 0.25) is 5.02 Å². The van der Waals surface area contributed by atoms with Crippen molar-refractivity contribution in [3.63, 3.8) is 0 Å². The predicted molar refractivity (Wildman–Crippen MR) is 117 cm³/mol. The van der Waals surface area contributed by atoms with E-state index in [1.54, 1.807) is 7.11 Å². The number of hydrogen-bond donors (Lipinski definition) is 3. The Morgan fingerprint density at radius 3 is 2.59 bits per heavy atom. The van der Waals surface area contributed by atoms with Crippen molar-refractivity contribution in [3.05, 3.63) is 71.8 Å². The van der Waals surface area contributed by atoms with Crippen LogP contribution in [0.5, 0.6) is 5.75 Å². The maximum absolute atomic E-state index is 6.35. The molecule has 0 atom stereocenters. The molecule has 0 aliphatic carbocycles. The predicted octanol–water partition coefficient (Wildman–Crippen LogP) is 5.51. The molecular weight excluding hydrogens is 378 g/mol. The summed E-state index contributed by atoms with van der Waals surface area (Å²) in [4.78, 5) is 0.982. The molecule has 3 aromatic rings. The van der Waals surface area contributed by atoms with E-state index >= 15 is 0 Å². The highest BCUT2D eigenvalue weighted by Gasteiger charge is 2.09. The summed E-state index contributed by atoms with van der Waals surface area (Å²) in [6.07, 6.45) is 0. The molecule has 6 heteroatoms. The lowest BCUT2D eigenvalue weighted by Crippen LogP contribution is -2.12. The molecule has 0 heterocycles. The van der Waals surface area contributed by atoms with Crippen LogP contribution in [-0.2, 0) is 0 Å². The molecule has 0 radical (unpaired) electrons. The second-order valence-corrected chi connectivity index (χ2v) is 7.10. The Hall–Kier alpha value is -2.34. The van der Waals surface area contributed by atoms with E-state index in [1.807, 2.05) is 60.7 Å². The maximum Gasteiger partial charge on any atom is 0.134 e. The van der Waals surface area contributed by atoms with Crippen molar-refractivity contribution < 1.29 is 4.74 Å². The zero-order valence-electron chi connectivity index (χ0n) is 15.0. The van der Waals surface area contributed by atoms with Crippen LogP contribution in [0.25, 0.3) is 11.1 Å². The number of halogens is 1. The number of hydrogen-bond acceptors (Lipinski definition) is 5. The first kappa shape index (κ1) is 19.4. The molecule has 0 saturated carbocycles. The van der Waals surface area contributed by atoms with Crippen molar-refractivity contribution in [1.82, 2.24) is 0 Å². The third-order valence-corrected chi connectivity index (χ3v) is 5.17. The topological polar surface area (TPSA) is 59.3 Å². The average molecular weight is 400 g/mol. The van der Waals surface area contributed by atoms with Crippen molar-refractivity contribution in [2.75, 3.05) is 30.2 Å². The first-order valence-corrected chi connectivity index (χ1v) is 9.80. The maximum atomic E-state index is 6.35. The SMILES string of the molecule is COc1ccc(-c2ccccc2Cl)cc1SNc1cccc(NCCN)c1. The van der Waals surface area contributed by atoms with Crippen molar-refractivity contribution in [3.8, 4) is 16.9 Å². The van der Waals surface area contributed by atoms with E-state index in [-0.39, 0.29) is 0 Å². The number of anilines is 2. The Labute approximate surface area is 169 Å².